The van der Waals surface area contributed by atoms with E-state index in [2.05, 4.69) is 45.6 Å². The third-order valence-corrected chi connectivity index (χ3v) is 3.28. The van der Waals surface area contributed by atoms with Crippen molar-refractivity contribution in [2.75, 3.05) is 6.54 Å². The molecule has 2 unspecified atom stereocenters. The van der Waals surface area contributed by atoms with Crippen LogP contribution in [-0.4, -0.2) is 12.7 Å². The molecule has 0 aromatic rings. The average molecular weight is 268 g/mol. The van der Waals surface area contributed by atoms with Gasteiger partial charge in [0.1, 0.15) is 0 Å². The van der Waals surface area contributed by atoms with Crippen LogP contribution in [0.1, 0.15) is 26.7 Å². The molecule has 0 aromatic heterocycles. The van der Waals surface area contributed by atoms with Crippen molar-refractivity contribution in [3.8, 4) is 0 Å². The topological polar surface area (TPSA) is 24.1 Å². The third kappa shape index (κ3) is 2.87. The summed E-state index contributed by atoms with van der Waals surface area (Å²) >= 11 is 2.22. The van der Waals surface area contributed by atoms with Crippen LogP contribution in [0.15, 0.2) is 0 Å². The molecule has 0 radical (unpaired) electrons. The minimum Gasteiger partial charge on any atom is -0.301 e. The van der Waals surface area contributed by atoms with Crippen LogP contribution in [0.4, 0.5) is 0 Å². The highest BCUT2D eigenvalue weighted by atomic mass is 127. The Balaban J connectivity index is 2.24. The summed E-state index contributed by atoms with van der Waals surface area (Å²) in [5, 5.41) is 3.48. The fourth-order valence-corrected chi connectivity index (χ4v) is 2.07. The first-order valence-electron chi connectivity index (χ1n) is 4.33. The van der Waals surface area contributed by atoms with E-state index in [4.69, 9.17) is 0 Å². The molecule has 2 atom stereocenters. The zero-order valence-corrected chi connectivity index (χ0v) is 9.39. The quantitative estimate of drug-likeness (QED) is 0.590. The Morgan fingerprint density at radius 1 is 1.45 bits per heavy atom. The molecular weight excluding hydrogens is 251 g/mol. The van der Waals surface area contributed by atoms with Gasteiger partial charge >= 0.3 is 0 Å². The van der Waals surface area contributed by atoms with E-state index in [1.807, 2.05) is 0 Å². The summed E-state index contributed by atoms with van der Waals surface area (Å²) in [6.07, 6.45) is 3.18. The van der Waals surface area contributed by atoms with Crippen molar-refractivity contribution >= 4 is 22.9 Å². The first kappa shape index (κ1) is 9.74. The average Bonchev–Trinajstić information content (AvgIpc) is 2.05. The van der Waals surface area contributed by atoms with Crippen molar-refractivity contribution in [1.29, 1.82) is 0 Å². The molecule has 1 rings (SSSR count). The maximum Gasteiger partial charge on any atom is 0.0660 e. The number of piperidine rings is 1. The van der Waals surface area contributed by atoms with E-state index in [1.165, 1.54) is 19.4 Å². The molecule has 1 fully saturated rings. The number of hydrogen-bond acceptors (Lipinski definition) is 2. The van der Waals surface area contributed by atoms with E-state index in [1.54, 1.807) is 0 Å². The van der Waals surface area contributed by atoms with E-state index in [-0.39, 0.29) is 0 Å². The molecule has 3 heteroatoms. The Morgan fingerprint density at radius 2 is 2.18 bits per heavy atom. The van der Waals surface area contributed by atoms with Gasteiger partial charge in [-0.3, -0.25) is 0 Å². The van der Waals surface area contributed by atoms with Gasteiger partial charge in [-0.1, -0.05) is 13.8 Å². The molecule has 0 bridgehead atoms. The molecular formula is C8H17IN2. The second-order valence-corrected chi connectivity index (χ2v) is 4.27. The molecule has 1 aliphatic rings. The summed E-state index contributed by atoms with van der Waals surface area (Å²) < 4.78 is 3.22. The van der Waals surface area contributed by atoms with Crippen molar-refractivity contribution < 1.29 is 0 Å². The Labute approximate surface area is 83.0 Å². The summed E-state index contributed by atoms with van der Waals surface area (Å²) in [7, 11) is 0. The molecule has 0 aromatic carbocycles. The number of hydrogen-bond donors (Lipinski definition) is 2. The summed E-state index contributed by atoms with van der Waals surface area (Å²) in [6.45, 7) is 5.80. The maximum atomic E-state index is 3.48. The first-order valence-corrected chi connectivity index (χ1v) is 5.41. The van der Waals surface area contributed by atoms with Crippen molar-refractivity contribution in [3.05, 3.63) is 0 Å². The van der Waals surface area contributed by atoms with Gasteiger partial charge < -0.3 is 5.32 Å². The second-order valence-electron chi connectivity index (χ2n) is 3.65. The zero-order valence-electron chi connectivity index (χ0n) is 7.23. The third-order valence-electron chi connectivity index (χ3n) is 2.53. The Kier molecular flexibility index (Phi) is 4.09. The lowest BCUT2D eigenvalue weighted by atomic mass is 9.88. The standard InChI is InChI=1S/C8H17IN2/c1-6(2)7-3-4-8(11-9)10-5-7/h6-8,10-11H,3-5H2,1-2H3. The Morgan fingerprint density at radius 3 is 2.55 bits per heavy atom. The van der Waals surface area contributed by atoms with Crippen LogP contribution in [0.2, 0.25) is 0 Å². The monoisotopic (exact) mass is 268 g/mol. The van der Waals surface area contributed by atoms with Gasteiger partial charge in [-0.2, -0.15) is 0 Å². The lowest BCUT2D eigenvalue weighted by Gasteiger charge is -2.31. The SMILES string of the molecule is CC(C)C1CCC(NI)NC1. The van der Waals surface area contributed by atoms with E-state index in [0.29, 0.717) is 6.17 Å². The minimum atomic E-state index is 0.547. The molecule has 2 N–H and O–H groups in total. The number of nitrogens with one attached hydrogen (secondary N) is 2. The van der Waals surface area contributed by atoms with Gasteiger partial charge in [-0.15, -0.1) is 0 Å². The molecule has 0 aliphatic carbocycles. The summed E-state index contributed by atoms with van der Waals surface area (Å²) in [5.74, 6) is 1.72. The maximum absolute atomic E-state index is 3.48. The van der Waals surface area contributed by atoms with Crippen LogP contribution in [0.25, 0.3) is 0 Å². The van der Waals surface area contributed by atoms with Gasteiger partial charge in [-0.25, -0.2) is 3.53 Å². The summed E-state index contributed by atoms with van der Waals surface area (Å²) in [6, 6.07) is 0. The smallest absolute Gasteiger partial charge is 0.0660 e. The molecule has 11 heavy (non-hydrogen) atoms. The first-order chi connectivity index (χ1) is 5.24. The molecule has 0 amide bonds. The van der Waals surface area contributed by atoms with Crippen molar-refractivity contribution in [2.24, 2.45) is 11.8 Å². The molecule has 0 spiro atoms. The zero-order chi connectivity index (χ0) is 8.27. The van der Waals surface area contributed by atoms with Crippen molar-refractivity contribution in [1.82, 2.24) is 8.85 Å². The normalized spacial score (nSPS) is 32.7. The van der Waals surface area contributed by atoms with E-state index < -0.39 is 0 Å². The molecule has 1 heterocycles. The van der Waals surface area contributed by atoms with Gasteiger partial charge in [0.05, 0.1) is 6.17 Å². The summed E-state index contributed by atoms with van der Waals surface area (Å²) in [4.78, 5) is 0. The fraction of sp³-hybridized carbons (Fsp3) is 1.00. The lowest BCUT2D eigenvalue weighted by molar-refractivity contribution is 0.252. The van der Waals surface area contributed by atoms with Crippen molar-refractivity contribution in [3.63, 3.8) is 0 Å². The minimum absolute atomic E-state index is 0.547. The van der Waals surface area contributed by atoms with Gasteiger partial charge in [0.15, 0.2) is 0 Å². The Bertz CT molecular complexity index is 109. The van der Waals surface area contributed by atoms with Crippen LogP contribution < -0.4 is 8.85 Å². The van der Waals surface area contributed by atoms with E-state index in [0.717, 1.165) is 11.8 Å². The highest BCUT2D eigenvalue weighted by Gasteiger charge is 2.21. The number of halogens is 1. The van der Waals surface area contributed by atoms with Crippen LogP contribution in [0, 0.1) is 11.8 Å². The van der Waals surface area contributed by atoms with Gasteiger partial charge in [0.2, 0.25) is 0 Å². The fourth-order valence-electron chi connectivity index (χ4n) is 1.54. The summed E-state index contributed by atoms with van der Waals surface area (Å²) in [5.41, 5.74) is 0. The number of rotatable bonds is 2. The molecule has 66 valence electrons. The van der Waals surface area contributed by atoms with Crippen LogP contribution in [0.3, 0.4) is 0 Å². The second kappa shape index (κ2) is 4.62. The van der Waals surface area contributed by atoms with E-state index >= 15 is 0 Å². The van der Waals surface area contributed by atoms with Gasteiger partial charge in [-0.05, 0) is 31.2 Å². The van der Waals surface area contributed by atoms with Gasteiger partial charge in [0, 0.05) is 22.9 Å². The van der Waals surface area contributed by atoms with Gasteiger partial charge in [0.25, 0.3) is 0 Å². The molecule has 0 saturated carbocycles. The highest BCUT2D eigenvalue weighted by Crippen LogP contribution is 2.20. The molecule has 1 saturated heterocycles. The lowest BCUT2D eigenvalue weighted by Crippen LogP contribution is -2.45. The van der Waals surface area contributed by atoms with Crippen LogP contribution in [0.5, 0.6) is 0 Å². The highest BCUT2D eigenvalue weighted by molar-refractivity contribution is 14.1. The largest absolute Gasteiger partial charge is 0.301 e. The van der Waals surface area contributed by atoms with E-state index in [9.17, 15) is 0 Å². The van der Waals surface area contributed by atoms with Crippen molar-refractivity contribution in [2.45, 2.75) is 32.9 Å². The Hall–Kier alpha value is 0.650. The predicted octanol–water partition coefficient (Wildman–Crippen LogP) is 1.91. The predicted molar refractivity (Wildman–Crippen MR) is 56.5 cm³/mol. The molecule has 2 nitrogen and oxygen atoms in total. The van der Waals surface area contributed by atoms with Crippen LogP contribution >= 0.6 is 22.9 Å². The molecule has 1 aliphatic heterocycles. The van der Waals surface area contributed by atoms with Crippen LogP contribution in [-0.2, 0) is 0 Å².